The minimum absolute atomic E-state index is 0.0482. The highest BCUT2D eigenvalue weighted by Crippen LogP contribution is 2.40. The predicted octanol–water partition coefficient (Wildman–Crippen LogP) is 4.25. The summed E-state index contributed by atoms with van der Waals surface area (Å²) >= 11 is 1.15. The van der Waals surface area contributed by atoms with Crippen LogP contribution in [0.5, 0.6) is 0 Å². The Hall–Kier alpha value is -2.53. The summed E-state index contributed by atoms with van der Waals surface area (Å²) < 4.78 is 70.4. The van der Waals surface area contributed by atoms with Crippen LogP contribution in [0.1, 0.15) is 61.0 Å². The molecule has 3 aromatic rings. The summed E-state index contributed by atoms with van der Waals surface area (Å²) in [4.78, 5) is 6.52. The van der Waals surface area contributed by atoms with Crippen LogP contribution in [0.15, 0.2) is 47.5 Å². The standard InChI is InChI=1S/C34H45F3N6O4S2/c1-49(46,47)42-16-11-29-27(23-42)32(24-9-10-28(34(35,36)37)30(20-24)48-19-15-38-25-6-2-3-7-25)40-43(29)22-26(44)21-41-17-12-33(45,13-18-41)31-8-4-5-14-39-31/h4-5,8-10,14,20,25-26,38,44-45H,2-3,6-7,11-13,15-19,21-23H2,1H3. The summed E-state index contributed by atoms with van der Waals surface area (Å²) in [6, 6.07) is 9.91. The maximum atomic E-state index is 14.1. The number of aliphatic hydroxyl groups excluding tert-OH is 1. The van der Waals surface area contributed by atoms with Gasteiger partial charge in [-0.2, -0.15) is 22.6 Å². The summed E-state index contributed by atoms with van der Waals surface area (Å²) in [5, 5.41) is 30.7. The van der Waals surface area contributed by atoms with E-state index in [0.717, 1.165) is 42.6 Å². The van der Waals surface area contributed by atoms with Gasteiger partial charge in [0.15, 0.2) is 0 Å². The molecule has 3 N–H and O–H groups in total. The Morgan fingerprint density at radius 1 is 1.10 bits per heavy atom. The van der Waals surface area contributed by atoms with E-state index in [1.807, 2.05) is 18.2 Å². The first-order valence-electron chi connectivity index (χ1n) is 17.0. The van der Waals surface area contributed by atoms with E-state index >= 15 is 0 Å². The minimum atomic E-state index is -4.53. The Labute approximate surface area is 290 Å². The Morgan fingerprint density at radius 2 is 1.86 bits per heavy atom. The van der Waals surface area contributed by atoms with Gasteiger partial charge >= 0.3 is 6.18 Å². The number of aliphatic hydroxyl groups is 2. The number of alkyl halides is 3. The Kier molecular flexibility index (Phi) is 11.1. The van der Waals surface area contributed by atoms with Gasteiger partial charge in [0.2, 0.25) is 10.0 Å². The third kappa shape index (κ3) is 8.68. The quantitative estimate of drug-likeness (QED) is 0.186. The first-order valence-corrected chi connectivity index (χ1v) is 19.8. The molecule has 268 valence electrons. The average Bonchev–Trinajstić information content (AvgIpc) is 3.72. The number of nitrogens with zero attached hydrogens (tertiary/aromatic N) is 5. The van der Waals surface area contributed by atoms with Crippen molar-refractivity contribution in [2.45, 2.75) is 86.9 Å². The molecule has 0 amide bonds. The van der Waals surface area contributed by atoms with Gasteiger partial charge in [-0.05, 0) is 49.9 Å². The van der Waals surface area contributed by atoms with E-state index in [1.54, 1.807) is 10.9 Å². The third-order valence-corrected chi connectivity index (χ3v) is 12.3. The molecule has 0 spiro atoms. The molecule has 1 saturated heterocycles. The number of halogens is 3. The monoisotopic (exact) mass is 722 g/mol. The van der Waals surface area contributed by atoms with Crippen molar-refractivity contribution in [1.82, 2.24) is 29.3 Å². The Morgan fingerprint density at radius 3 is 2.53 bits per heavy atom. The summed E-state index contributed by atoms with van der Waals surface area (Å²) in [5.41, 5.74) is 1.22. The number of sulfonamides is 1. The summed E-state index contributed by atoms with van der Waals surface area (Å²) in [6.07, 6.45) is 3.29. The van der Waals surface area contributed by atoms with Crippen molar-refractivity contribution in [2.24, 2.45) is 0 Å². The lowest BCUT2D eigenvalue weighted by molar-refractivity contribution is -0.139. The second-order valence-corrected chi connectivity index (χ2v) is 16.6. The number of rotatable bonds is 12. The molecular formula is C34H45F3N6O4S2. The lowest BCUT2D eigenvalue weighted by atomic mass is 9.87. The molecule has 0 radical (unpaired) electrons. The Bertz CT molecular complexity index is 1690. The smallest absolute Gasteiger partial charge is 0.390 e. The average molecular weight is 723 g/mol. The van der Waals surface area contributed by atoms with Gasteiger partial charge in [-0.3, -0.25) is 9.67 Å². The molecule has 49 heavy (non-hydrogen) atoms. The number of thioether (sulfide) groups is 1. The number of pyridine rings is 1. The van der Waals surface area contributed by atoms with Gasteiger partial charge < -0.3 is 20.4 Å². The van der Waals surface area contributed by atoms with Crippen LogP contribution in [0.25, 0.3) is 11.3 Å². The molecule has 1 saturated carbocycles. The van der Waals surface area contributed by atoms with Gasteiger partial charge in [-0.1, -0.05) is 25.0 Å². The number of nitrogens with one attached hydrogen (secondary N) is 1. The van der Waals surface area contributed by atoms with Crippen molar-refractivity contribution in [2.75, 3.05) is 44.7 Å². The first kappa shape index (κ1) is 36.3. The zero-order chi connectivity index (χ0) is 34.8. The number of aromatic nitrogens is 3. The van der Waals surface area contributed by atoms with Crippen LogP contribution < -0.4 is 5.32 Å². The van der Waals surface area contributed by atoms with E-state index in [1.165, 1.54) is 29.3 Å². The highest BCUT2D eigenvalue weighted by molar-refractivity contribution is 7.99. The maximum absolute atomic E-state index is 14.1. The number of fused-ring (bicyclic) bond motifs is 1. The molecule has 6 rings (SSSR count). The molecule has 2 aromatic heterocycles. The lowest BCUT2D eigenvalue weighted by Gasteiger charge is -2.38. The molecule has 0 bridgehead atoms. The summed E-state index contributed by atoms with van der Waals surface area (Å²) in [6.45, 7) is 2.50. The van der Waals surface area contributed by atoms with Crippen molar-refractivity contribution in [3.63, 3.8) is 0 Å². The van der Waals surface area contributed by atoms with Gasteiger partial charge in [0.1, 0.15) is 5.60 Å². The van der Waals surface area contributed by atoms with Crippen molar-refractivity contribution < 1.29 is 31.8 Å². The molecule has 4 heterocycles. The van der Waals surface area contributed by atoms with E-state index < -0.39 is 33.5 Å². The molecule has 2 fully saturated rings. The number of likely N-dealkylation sites (tertiary alicyclic amines) is 1. The molecule has 10 nitrogen and oxygen atoms in total. The van der Waals surface area contributed by atoms with Crippen molar-refractivity contribution >= 4 is 21.8 Å². The highest BCUT2D eigenvalue weighted by Gasteiger charge is 2.37. The number of benzene rings is 1. The zero-order valence-corrected chi connectivity index (χ0v) is 29.3. The molecular weight excluding hydrogens is 678 g/mol. The van der Waals surface area contributed by atoms with Crippen LogP contribution in [0.3, 0.4) is 0 Å². The van der Waals surface area contributed by atoms with Gasteiger partial charge in [0, 0.05) is 85.4 Å². The topological polar surface area (TPSA) is 124 Å². The van der Waals surface area contributed by atoms with Crippen LogP contribution in [0, 0.1) is 0 Å². The van der Waals surface area contributed by atoms with Gasteiger partial charge in [0.05, 0.1) is 35.9 Å². The Balaban J connectivity index is 1.21. The number of hydrogen-bond donors (Lipinski definition) is 3. The van der Waals surface area contributed by atoms with Gasteiger partial charge in [-0.25, -0.2) is 8.42 Å². The maximum Gasteiger partial charge on any atom is 0.417 e. The third-order valence-electron chi connectivity index (χ3n) is 9.95. The molecule has 1 atom stereocenters. The van der Waals surface area contributed by atoms with Gasteiger partial charge in [0.25, 0.3) is 0 Å². The number of β-amino-alcohol motifs (C(OH)–C–C–N with tert-alkyl or cyclic N) is 1. The van der Waals surface area contributed by atoms with Crippen molar-refractivity contribution in [3.05, 3.63) is 65.1 Å². The molecule has 1 aliphatic carbocycles. The molecule has 1 unspecified atom stereocenters. The highest BCUT2D eigenvalue weighted by atomic mass is 32.2. The first-order chi connectivity index (χ1) is 23.3. The molecule has 1 aromatic carbocycles. The van der Waals surface area contributed by atoms with Crippen LogP contribution in [0.2, 0.25) is 0 Å². The van der Waals surface area contributed by atoms with E-state index in [0.29, 0.717) is 79.8 Å². The molecule has 15 heteroatoms. The number of hydrogen-bond acceptors (Lipinski definition) is 9. The van der Waals surface area contributed by atoms with Crippen LogP contribution in [-0.2, 0) is 41.3 Å². The van der Waals surface area contributed by atoms with E-state index in [-0.39, 0.29) is 24.5 Å². The SMILES string of the molecule is CS(=O)(=O)N1CCc2c(c(-c3ccc(C(F)(F)F)c(SCCNC4CCCC4)c3)nn2CC(O)CN2CCC(O)(c3ccccn3)CC2)C1. The van der Waals surface area contributed by atoms with Gasteiger partial charge in [-0.15, -0.1) is 11.8 Å². The number of piperidine rings is 1. The van der Waals surface area contributed by atoms with E-state index in [9.17, 15) is 31.8 Å². The zero-order valence-electron chi connectivity index (χ0n) is 27.7. The lowest BCUT2D eigenvalue weighted by Crippen LogP contribution is -2.46. The normalized spacial score (nSPS) is 20.0. The minimum Gasteiger partial charge on any atom is -0.390 e. The predicted molar refractivity (Wildman–Crippen MR) is 182 cm³/mol. The largest absolute Gasteiger partial charge is 0.417 e. The van der Waals surface area contributed by atoms with E-state index in [4.69, 9.17) is 5.10 Å². The van der Waals surface area contributed by atoms with Crippen LogP contribution >= 0.6 is 11.8 Å². The van der Waals surface area contributed by atoms with Crippen molar-refractivity contribution in [3.8, 4) is 11.3 Å². The fraction of sp³-hybridized carbons (Fsp3) is 0.588. The second kappa shape index (κ2) is 15.0. The van der Waals surface area contributed by atoms with E-state index in [2.05, 4.69) is 15.2 Å². The second-order valence-electron chi connectivity index (χ2n) is 13.5. The summed E-state index contributed by atoms with van der Waals surface area (Å²) in [7, 11) is -3.53. The molecule has 2 aliphatic heterocycles. The van der Waals surface area contributed by atoms with Crippen LogP contribution in [0.4, 0.5) is 13.2 Å². The molecule has 3 aliphatic rings. The fourth-order valence-electron chi connectivity index (χ4n) is 7.26. The van der Waals surface area contributed by atoms with Crippen LogP contribution in [-0.4, -0.2) is 99.5 Å². The van der Waals surface area contributed by atoms with Crippen molar-refractivity contribution in [1.29, 1.82) is 0 Å². The summed E-state index contributed by atoms with van der Waals surface area (Å²) in [5.74, 6) is 0.472. The fourth-order valence-corrected chi connectivity index (χ4v) is 9.04.